The monoisotopic (exact) mass is 287 g/mol. The maximum Gasteiger partial charge on any atom is 0.0900 e. The Kier molecular flexibility index (Phi) is 7.09. The number of terminal acetylenes is 1. The molecule has 0 aliphatic heterocycles. The summed E-state index contributed by atoms with van der Waals surface area (Å²) in [6.07, 6.45) is 13.2. The van der Waals surface area contributed by atoms with E-state index in [1.807, 2.05) is 0 Å². The van der Waals surface area contributed by atoms with E-state index in [0.717, 1.165) is 12.3 Å². The van der Waals surface area contributed by atoms with Gasteiger partial charge in [-0.2, -0.15) is 0 Å². The number of hydrogen-bond acceptors (Lipinski definition) is 1. The zero-order valence-corrected chi connectivity index (χ0v) is 14.5. The molecule has 0 radical (unpaired) electrons. The number of allylic oxidation sites excluding steroid dienone is 2. The first-order chi connectivity index (χ1) is 9.90. The largest absolute Gasteiger partial charge is 0.364 e. The molecule has 1 aliphatic carbocycles. The molecule has 1 nitrogen and oxygen atoms in total. The lowest BCUT2D eigenvalue weighted by Gasteiger charge is -2.33. The van der Waals surface area contributed by atoms with E-state index >= 15 is 0 Å². The van der Waals surface area contributed by atoms with Gasteiger partial charge in [-0.25, -0.2) is 0 Å². The minimum atomic E-state index is 0.132. The van der Waals surface area contributed by atoms with E-state index in [0.29, 0.717) is 11.8 Å². The number of nitrogens with zero attached hydrogens (tertiary/aromatic N) is 1. The molecule has 0 heterocycles. The van der Waals surface area contributed by atoms with Gasteiger partial charge in [-0.15, -0.1) is 6.42 Å². The van der Waals surface area contributed by atoms with Crippen molar-refractivity contribution in [2.24, 2.45) is 17.8 Å². The van der Waals surface area contributed by atoms with E-state index in [4.69, 9.17) is 6.42 Å². The van der Waals surface area contributed by atoms with Crippen molar-refractivity contribution in [1.29, 1.82) is 0 Å². The number of rotatable bonds is 10. The zero-order chi connectivity index (χ0) is 16.0. The molecule has 0 aromatic rings. The van der Waals surface area contributed by atoms with Crippen molar-refractivity contribution >= 4 is 0 Å². The molecule has 118 valence electrons. The Labute approximate surface area is 132 Å². The molecule has 21 heavy (non-hydrogen) atoms. The van der Waals surface area contributed by atoms with Gasteiger partial charge in [0.1, 0.15) is 0 Å². The summed E-state index contributed by atoms with van der Waals surface area (Å²) in [7, 11) is 2.11. The van der Waals surface area contributed by atoms with Crippen LogP contribution in [0.2, 0.25) is 0 Å². The van der Waals surface area contributed by atoms with Crippen LogP contribution in [0.1, 0.15) is 59.3 Å². The number of hydrogen-bond donors (Lipinski definition) is 0. The van der Waals surface area contributed by atoms with Crippen LogP contribution in [-0.2, 0) is 0 Å². The van der Waals surface area contributed by atoms with Gasteiger partial charge in [0.15, 0.2) is 0 Å². The van der Waals surface area contributed by atoms with Gasteiger partial charge in [0.2, 0.25) is 0 Å². The van der Waals surface area contributed by atoms with Crippen LogP contribution in [0, 0.1) is 30.1 Å². The summed E-state index contributed by atoms with van der Waals surface area (Å²) in [6.45, 7) is 15.1. The van der Waals surface area contributed by atoms with Crippen molar-refractivity contribution in [2.45, 2.75) is 65.3 Å². The van der Waals surface area contributed by atoms with E-state index in [9.17, 15) is 0 Å². The first-order valence-electron chi connectivity index (χ1n) is 8.43. The quantitative estimate of drug-likeness (QED) is 0.392. The molecular formula is C20H33N. The molecule has 0 bridgehead atoms. The molecule has 0 amide bonds. The van der Waals surface area contributed by atoms with Crippen LogP contribution in [0.25, 0.3) is 0 Å². The maximum absolute atomic E-state index is 5.81. The molecule has 1 saturated carbocycles. The fourth-order valence-electron chi connectivity index (χ4n) is 3.06. The van der Waals surface area contributed by atoms with Crippen LogP contribution < -0.4 is 0 Å². The topological polar surface area (TPSA) is 3.24 Å². The molecule has 0 N–H and O–H groups in total. The van der Waals surface area contributed by atoms with E-state index in [1.54, 1.807) is 0 Å². The third-order valence-electron chi connectivity index (χ3n) is 4.91. The zero-order valence-electron chi connectivity index (χ0n) is 14.5. The average molecular weight is 287 g/mol. The Balaban J connectivity index is 2.61. The van der Waals surface area contributed by atoms with E-state index < -0.39 is 0 Å². The predicted octanol–water partition coefficient (Wildman–Crippen LogP) is 5.25. The standard InChI is InChI=1S/C20H33N/c1-8-10-19(15(3)4)14-20(9-2)21(7)17(6)16(5)13-18-11-12-18/h2,16,18-20H,3,6,8,10-14H2,1,4-5,7H3. The maximum atomic E-state index is 5.81. The van der Waals surface area contributed by atoms with Crippen LogP contribution in [0.15, 0.2) is 24.4 Å². The first kappa shape index (κ1) is 17.9. The van der Waals surface area contributed by atoms with Crippen LogP contribution in [-0.4, -0.2) is 18.0 Å². The highest BCUT2D eigenvalue weighted by Crippen LogP contribution is 2.37. The van der Waals surface area contributed by atoms with Gasteiger partial charge in [-0.05, 0) is 43.9 Å². The lowest BCUT2D eigenvalue weighted by molar-refractivity contribution is 0.278. The fraction of sp³-hybridized carbons (Fsp3) is 0.700. The van der Waals surface area contributed by atoms with Crippen molar-refractivity contribution in [3.05, 3.63) is 24.4 Å². The summed E-state index contributed by atoms with van der Waals surface area (Å²) in [5.41, 5.74) is 2.45. The second-order valence-electron chi connectivity index (χ2n) is 6.93. The molecule has 0 saturated heterocycles. The Morgan fingerprint density at radius 1 is 1.38 bits per heavy atom. The van der Waals surface area contributed by atoms with Crippen LogP contribution in [0.4, 0.5) is 0 Å². The van der Waals surface area contributed by atoms with Crippen molar-refractivity contribution < 1.29 is 0 Å². The minimum Gasteiger partial charge on any atom is -0.364 e. The van der Waals surface area contributed by atoms with Gasteiger partial charge >= 0.3 is 0 Å². The second-order valence-corrected chi connectivity index (χ2v) is 6.93. The van der Waals surface area contributed by atoms with Crippen molar-refractivity contribution in [1.82, 2.24) is 4.90 Å². The molecule has 0 aromatic carbocycles. The van der Waals surface area contributed by atoms with Gasteiger partial charge < -0.3 is 4.90 Å². The highest BCUT2D eigenvalue weighted by atomic mass is 15.1. The SMILES string of the molecule is C#CC(CC(CCC)C(=C)C)N(C)C(=C)C(C)CC1CC1. The predicted molar refractivity (Wildman–Crippen MR) is 93.9 cm³/mol. The molecular weight excluding hydrogens is 254 g/mol. The van der Waals surface area contributed by atoms with Crippen LogP contribution in [0.3, 0.4) is 0 Å². The smallest absolute Gasteiger partial charge is 0.0900 e. The lowest BCUT2D eigenvalue weighted by atomic mass is 9.89. The van der Waals surface area contributed by atoms with Gasteiger partial charge in [0.25, 0.3) is 0 Å². The van der Waals surface area contributed by atoms with Gasteiger partial charge in [-0.3, -0.25) is 0 Å². The molecule has 1 fully saturated rings. The Hall–Kier alpha value is -1.16. The fourth-order valence-corrected chi connectivity index (χ4v) is 3.06. The summed E-state index contributed by atoms with van der Waals surface area (Å²) in [5, 5.41) is 0. The highest BCUT2D eigenvalue weighted by Gasteiger charge is 2.27. The van der Waals surface area contributed by atoms with Crippen LogP contribution >= 0.6 is 0 Å². The van der Waals surface area contributed by atoms with Crippen molar-refractivity contribution in [3.63, 3.8) is 0 Å². The summed E-state index contributed by atoms with van der Waals surface area (Å²) >= 11 is 0. The Bertz CT molecular complexity index is 397. The normalized spacial score (nSPS) is 18.4. The molecule has 1 heteroatoms. The highest BCUT2D eigenvalue weighted by molar-refractivity contribution is 5.11. The molecule has 1 aliphatic rings. The third-order valence-corrected chi connectivity index (χ3v) is 4.91. The Morgan fingerprint density at radius 3 is 2.43 bits per heavy atom. The van der Waals surface area contributed by atoms with Crippen molar-refractivity contribution in [3.8, 4) is 12.3 Å². The van der Waals surface area contributed by atoms with Crippen molar-refractivity contribution in [2.75, 3.05) is 7.05 Å². The summed E-state index contributed by atoms with van der Waals surface area (Å²) in [4.78, 5) is 2.23. The van der Waals surface area contributed by atoms with E-state index in [1.165, 1.54) is 43.4 Å². The summed E-state index contributed by atoms with van der Waals surface area (Å²) in [6, 6.07) is 0.132. The minimum absolute atomic E-state index is 0.132. The van der Waals surface area contributed by atoms with Gasteiger partial charge in [0.05, 0.1) is 6.04 Å². The van der Waals surface area contributed by atoms with Gasteiger partial charge in [-0.1, -0.05) is 57.8 Å². The molecule has 3 atom stereocenters. The Morgan fingerprint density at radius 2 is 2.00 bits per heavy atom. The van der Waals surface area contributed by atoms with E-state index in [-0.39, 0.29) is 6.04 Å². The summed E-state index contributed by atoms with van der Waals surface area (Å²) < 4.78 is 0. The first-order valence-corrected chi connectivity index (χ1v) is 8.43. The third kappa shape index (κ3) is 5.62. The second kappa shape index (κ2) is 8.32. The summed E-state index contributed by atoms with van der Waals surface area (Å²) in [5.74, 6) is 4.96. The van der Waals surface area contributed by atoms with E-state index in [2.05, 4.69) is 51.8 Å². The van der Waals surface area contributed by atoms with Crippen LogP contribution in [0.5, 0.6) is 0 Å². The molecule has 0 aromatic heterocycles. The molecule has 0 spiro atoms. The molecule has 3 unspecified atom stereocenters. The average Bonchev–Trinajstić information content (AvgIpc) is 3.25. The lowest BCUT2D eigenvalue weighted by Crippen LogP contribution is -2.33. The van der Waals surface area contributed by atoms with Gasteiger partial charge in [0, 0.05) is 12.7 Å². The molecule has 1 rings (SSSR count).